The van der Waals surface area contributed by atoms with Gasteiger partial charge in [-0.3, -0.25) is 9.78 Å². The van der Waals surface area contributed by atoms with Gasteiger partial charge in [-0.15, -0.1) is 0 Å². The summed E-state index contributed by atoms with van der Waals surface area (Å²) in [6, 6.07) is 2.45. The predicted molar refractivity (Wildman–Crippen MR) is 101 cm³/mol. The molecule has 0 aliphatic carbocycles. The second-order valence-electron chi connectivity index (χ2n) is 7.81. The molecule has 2 rings (SSSR count). The zero-order valence-electron chi connectivity index (χ0n) is 16.1. The van der Waals surface area contributed by atoms with E-state index in [1.807, 2.05) is 45.0 Å². The third kappa shape index (κ3) is 5.85. The molecule has 1 fully saturated rings. The van der Waals surface area contributed by atoms with E-state index in [4.69, 9.17) is 4.74 Å². The van der Waals surface area contributed by atoms with Crippen LogP contribution in [0.3, 0.4) is 0 Å². The van der Waals surface area contributed by atoms with Gasteiger partial charge in [-0.1, -0.05) is 32.9 Å². The van der Waals surface area contributed by atoms with Crippen molar-refractivity contribution in [2.75, 3.05) is 20.1 Å². The molecule has 1 saturated heterocycles. The summed E-state index contributed by atoms with van der Waals surface area (Å²) >= 11 is 0. The van der Waals surface area contributed by atoms with E-state index in [1.54, 1.807) is 6.20 Å². The van der Waals surface area contributed by atoms with Crippen LogP contribution >= 0.6 is 0 Å². The Bertz CT molecular complexity index is 607. The minimum Gasteiger partial charge on any atom is -0.487 e. The van der Waals surface area contributed by atoms with Crippen molar-refractivity contribution in [2.24, 2.45) is 5.41 Å². The van der Waals surface area contributed by atoms with Crippen molar-refractivity contribution in [1.29, 1.82) is 0 Å². The highest BCUT2D eigenvalue weighted by Crippen LogP contribution is 2.24. The molecule has 25 heavy (non-hydrogen) atoms. The third-order valence-corrected chi connectivity index (χ3v) is 4.40. The lowest BCUT2D eigenvalue weighted by atomic mass is 9.95. The second kappa shape index (κ2) is 8.48. The number of carbonyl (C=O) groups is 1. The number of aromatic nitrogens is 1. The third-order valence-electron chi connectivity index (χ3n) is 4.40. The maximum Gasteiger partial charge on any atom is 0.228 e. The Morgan fingerprint density at radius 1 is 1.48 bits per heavy atom. The van der Waals surface area contributed by atoms with Gasteiger partial charge in [0.25, 0.3) is 0 Å². The Kier molecular flexibility index (Phi) is 6.59. The molecule has 1 amide bonds. The predicted octanol–water partition coefficient (Wildman–Crippen LogP) is 3.12. The molecule has 1 N–H and O–H groups in total. The molecule has 0 unspecified atom stereocenters. The topological polar surface area (TPSA) is 54.5 Å². The van der Waals surface area contributed by atoms with Crippen LogP contribution in [0.25, 0.3) is 6.08 Å². The number of rotatable bonds is 6. The van der Waals surface area contributed by atoms with Gasteiger partial charge in [0.2, 0.25) is 5.91 Å². The Balaban J connectivity index is 1.91. The van der Waals surface area contributed by atoms with Crippen LogP contribution in [0.1, 0.15) is 46.1 Å². The highest BCUT2D eigenvalue weighted by atomic mass is 16.5. The maximum atomic E-state index is 12.4. The van der Waals surface area contributed by atoms with Crippen molar-refractivity contribution < 1.29 is 9.53 Å². The molecule has 0 aromatic carbocycles. The monoisotopic (exact) mass is 345 g/mol. The molecule has 0 spiro atoms. The average Bonchev–Trinajstić information content (AvgIpc) is 3.01. The van der Waals surface area contributed by atoms with Gasteiger partial charge in [0.15, 0.2) is 0 Å². The van der Waals surface area contributed by atoms with E-state index in [-0.39, 0.29) is 17.4 Å². The lowest BCUT2D eigenvalue weighted by molar-refractivity contribution is -0.138. The summed E-state index contributed by atoms with van der Waals surface area (Å²) in [6.07, 6.45) is 9.64. The molecule has 2 atom stereocenters. The number of ether oxygens (including phenoxy) is 1. The number of hydrogen-bond acceptors (Lipinski definition) is 4. The number of carbonyl (C=O) groups excluding carboxylic acids is 1. The van der Waals surface area contributed by atoms with Crippen LogP contribution in [0.5, 0.6) is 5.75 Å². The molecule has 5 heteroatoms. The van der Waals surface area contributed by atoms with Crippen molar-refractivity contribution >= 4 is 12.0 Å². The van der Waals surface area contributed by atoms with Crippen LogP contribution in [-0.4, -0.2) is 48.1 Å². The zero-order valence-corrected chi connectivity index (χ0v) is 16.1. The SMILES string of the molecule is CN[C@@H](C)C/C=C/c1cncc(O[C@@H]2CCN(C(=O)C(C)(C)C)C2)c1. The molecule has 0 bridgehead atoms. The van der Waals surface area contributed by atoms with E-state index < -0.39 is 0 Å². The second-order valence-corrected chi connectivity index (χ2v) is 7.81. The first-order chi connectivity index (χ1) is 11.8. The summed E-state index contributed by atoms with van der Waals surface area (Å²) in [5.41, 5.74) is 0.687. The van der Waals surface area contributed by atoms with Crippen LogP contribution in [0, 0.1) is 5.41 Å². The van der Waals surface area contributed by atoms with E-state index >= 15 is 0 Å². The number of pyridine rings is 1. The first-order valence-corrected chi connectivity index (χ1v) is 9.04. The molecule has 138 valence electrons. The molecule has 0 saturated carbocycles. The largest absolute Gasteiger partial charge is 0.487 e. The first kappa shape index (κ1) is 19.4. The number of amides is 1. The zero-order chi connectivity index (χ0) is 18.4. The van der Waals surface area contributed by atoms with E-state index in [0.29, 0.717) is 12.6 Å². The van der Waals surface area contributed by atoms with Crippen molar-refractivity contribution in [3.05, 3.63) is 30.1 Å². The highest BCUT2D eigenvalue weighted by Gasteiger charge is 2.33. The summed E-state index contributed by atoms with van der Waals surface area (Å²) in [6.45, 7) is 9.42. The summed E-state index contributed by atoms with van der Waals surface area (Å²) in [7, 11) is 1.96. The van der Waals surface area contributed by atoms with E-state index in [1.165, 1.54) is 0 Å². The van der Waals surface area contributed by atoms with Crippen LogP contribution in [-0.2, 0) is 4.79 Å². The van der Waals surface area contributed by atoms with Crippen molar-refractivity contribution in [3.8, 4) is 5.75 Å². The van der Waals surface area contributed by atoms with E-state index in [2.05, 4.69) is 29.4 Å². The molecule has 1 aliphatic heterocycles. The number of hydrogen-bond donors (Lipinski definition) is 1. The Labute approximate surface area is 151 Å². The molecule has 5 nitrogen and oxygen atoms in total. The van der Waals surface area contributed by atoms with Gasteiger partial charge in [-0.05, 0) is 32.0 Å². The molecule has 2 heterocycles. The molecular weight excluding hydrogens is 314 g/mol. The normalized spacial score (nSPS) is 19.4. The van der Waals surface area contributed by atoms with Gasteiger partial charge in [0.05, 0.1) is 12.7 Å². The van der Waals surface area contributed by atoms with Crippen molar-refractivity contribution in [2.45, 2.75) is 52.7 Å². The lowest BCUT2D eigenvalue weighted by Crippen LogP contribution is -2.38. The minimum atomic E-state index is -0.342. The minimum absolute atomic E-state index is 0.0386. The summed E-state index contributed by atoms with van der Waals surface area (Å²) in [5, 5.41) is 3.21. The number of nitrogens with one attached hydrogen (secondary N) is 1. The fourth-order valence-corrected chi connectivity index (χ4v) is 2.79. The van der Waals surface area contributed by atoms with E-state index in [9.17, 15) is 4.79 Å². The standard InChI is InChI=1S/C20H31N3O2/c1-15(21-5)7-6-8-16-11-18(13-22-12-16)25-17-9-10-23(14-17)19(24)20(2,3)4/h6,8,11-13,15,17,21H,7,9-10,14H2,1-5H3/b8-6+/t15-,17+/m0/s1. The van der Waals surface area contributed by atoms with Gasteiger partial charge in [0.1, 0.15) is 11.9 Å². The smallest absolute Gasteiger partial charge is 0.228 e. The van der Waals surface area contributed by atoms with E-state index in [0.717, 1.165) is 30.7 Å². The fraction of sp³-hybridized carbons (Fsp3) is 0.600. The summed E-state index contributed by atoms with van der Waals surface area (Å²) in [4.78, 5) is 18.5. The summed E-state index contributed by atoms with van der Waals surface area (Å²) < 4.78 is 6.06. The number of likely N-dealkylation sites (tertiary alicyclic amines) is 1. The Morgan fingerprint density at radius 3 is 2.92 bits per heavy atom. The lowest BCUT2D eigenvalue weighted by Gasteiger charge is -2.25. The van der Waals surface area contributed by atoms with Gasteiger partial charge in [-0.2, -0.15) is 0 Å². The quantitative estimate of drug-likeness (QED) is 0.861. The maximum absolute atomic E-state index is 12.4. The van der Waals surface area contributed by atoms with Crippen LogP contribution < -0.4 is 10.1 Å². The highest BCUT2D eigenvalue weighted by molar-refractivity contribution is 5.81. The summed E-state index contributed by atoms with van der Waals surface area (Å²) in [5.74, 6) is 0.950. The van der Waals surface area contributed by atoms with Gasteiger partial charge >= 0.3 is 0 Å². The molecule has 0 radical (unpaired) electrons. The van der Waals surface area contributed by atoms with Crippen LogP contribution in [0.15, 0.2) is 24.5 Å². The van der Waals surface area contributed by atoms with Crippen LogP contribution in [0.4, 0.5) is 0 Å². The average molecular weight is 345 g/mol. The Hall–Kier alpha value is -1.88. The van der Waals surface area contributed by atoms with Gasteiger partial charge in [-0.25, -0.2) is 0 Å². The molecule has 1 aromatic rings. The molecular formula is C20H31N3O2. The van der Waals surface area contributed by atoms with Crippen molar-refractivity contribution in [1.82, 2.24) is 15.2 Å². The fourth-order valence-electron chi connectivity index (χ4n) is 2.79. The Morgan fingerprint density at radius 2 is 2.24 bits per heavy atom. The molecule has 1 aromatic heterocycles. The first-order valence-electron chi connectivity index (χ1n) is 9.04. The van der Waals surface area contributed by atoms with Gasteiger partial charge in [0, 0.05) is 30.6 Å². The van der Waals surface area contributed by atoms with Crippen LogP contribution in [0.2, 0.25) is 0 Å². The van der Waals surface area contributed by atoms with Crippen molar-refractivity contribution in [3.63, 3.8) is 0 Å². The molecule has 1 aliphatic rings. The van der Waals surface area contributed by atoms with Gasteiger partial charge < -0.3 is 15.0 Å². The number of nitrogens with zero attached hydrogens (tertiary/aromatic N) is 2.